The minimum absolute atomic E-state index is 0.179. The van der Waals surface area contributed by atoms with Crippen molar-refractivity contribution in [3.8, 4) is 0 Å². The predicted molar refractivity (Wildman–Crippen MR) is 84.3 cm³/mol. The van der Waals surface area contributed by atoms with Crippen LogP contribution in [0, 0.1) is 13.8 Å². The second-order valence-electron chi connectivity index (χ2n) is 5.86. The Morgan fingerprint density at radius 1 is 1.43 bits per heavy atom. The number of methoxy groups -OCH3 is 1. The maximum Gasteiger partial charge on any atom is 0.325 e. The van der Waals surface area contributed by atoms with Crippen molar-refractivity contribution in [3.05, 3.63) is 17.5 Å². The predicted octanol–water partition coefficient (Wildman–Crippen LogP) is 2.60. The molecule has 0 radical (unpaired) electrons. The van der Waals surface area contributed by atoms with Gasteiger partial charge in [0, 0.05) is 12.2 Å². The Balaban J connectivity index is 2.46. The molecule has 21 heavy (non-hydrogen) atoms. The van der Waals surface area contributed by atoms with Gasteiger partial charge in [0.25, 0.3) is 0 Å². The van der Waals surface area contributed by atoms with Gasteiger partial charge in [-0.25, -0.2) is 0 Å². The van der Waals surface area contributed by atoms with Crippen LogP contribution in [0.4, 0.5) is 0 Å². The molecule has 0 aliphatic heterocycles. The Morgan fingerprint density at radius 2 is 2.14 bits per heavy atom. The molecule has 0 aromatic carbocycles. The number of carbonyl (C=O) groups is 1. The second kappa shape index (κ2) is 8.17. The summed E-state index contributed by atoms with van der Waals surface area (Å²) in [5.74, 6) is -0.179. The molecular formula is C16H29N3O2. The minimum Gasteiger partial charge on any atom is -0.468 e. The highest BCUT2D eigenvalue weighted by molar-refractivity contribution is 5.80. The number of nitrogens with zero attached hydrogens (tertiary/aromatic N) is 2. The molecule has 0 amide bonds. The third-order valence-electron chi connectivity index (χ3n) is 3.80. The molecule has 5 heteroatoms. The van der Waals surface area contributed by atoms with Crippen molar-refractivity contribution >= 4 is 5.97 Å². The highest BCUT2D eigenvalue weighted by Crippen LogP contribution is 2.17. The second-order valence-corrected chi connectivity index (χ2v) is 5.86. The topological polar surface area (TPSA) is 56.2 Å². The standard InChI is InChI=1S/C16H29N3O2/c1-6-10-17-16(4,15(20)21-5)9-7-8-11-19-14(3)12-13(2)18-19/h12,17H,6-11H2,1-5H3. The molecule has 0 bridgehead atoms. The van der Waals surface area contributed by atoms with E-state index in [0.717, 1.165) is 44.5 Å². The Morgan fingerprint density at radius 3 is 2.67 bits per heavy atom. The molecule has 0 aliphatic rings. The van der Waals surface area contributed by atoms with Crippen molar-refractivity contribution in [2.45, 2.75) is 65.5 Å². The van der Waals surface area contributed by atoms with Crippen LogP contribution in [0.3, 0.4) is 0 Å². The third kappa shape index (κ3) is 5.16. The van der Waals surface area contributed by atoms with Crippen molar-refractivity contribution in [2.75, 3.05) is 13.7 Å². The lowest BCUT2D eigenvalue weighted by atomic mass is 9.94. The van der Waals surface area contributed by atoms with E-state index in [2.05, 4.69) is 30.3 Å². The van der Waals surface area contributed by atoms with Gasteiger partial charge < -0.3 is 10.1 Å². The normalized spacial score (nSPS) is 14.0. The molecule has 1 N–H and O–H groups in total. The van der Waals surface area contributed by atoms with Gasteiger partial charge in [-0.2, -0.15) is 5.10 Å². The Kier molecular flexibility index (Phi) is 6.89. The summed E-state index contributed by atoms with van der Waals surface area (Å²) in [6.45, 7) is 9.81. The molecule has 1 aromatic heterocycles. The number of rotatable bonds is 9. The van der Waals surface area contributed by atoms with E-state index in [9.17, 15) is 4.79 Å². The fourth-order valence-corrected chi connectivity index (χ4v) is 2.53. The van der Waals surface area contributed by atoms with Gasteiger partial charge in [-0.15, -0.1) is 0 Å². The van der Waals surface area contributed by atoms with Crippen LogP contribution in [0.15, 0.2) is 6.07 Å². The number of aryl methyl sites for hydroxylation is 3. The third-order valence-corrected chi connectivity index (χ3v) is 3.80. The van der Waals surface area contributed by atoms with Crippen LogP contribution in [-0.2, 0) is 16.1 Å². The summed E-state index contributed by atoms with van der Waals surface area (Å²) in [6.07, 6.45) is 3.74. The van der Waals surface area contributed by atoms with E-state index in [4.69, 9.17) is 4.74 Å². The Hall–Kier alpha value is -1.36. The van der Waals surface area contributed by atoms with E-state index in [1.165, 1.54) is 12.8 Å². The first-order valence-electron chi connectivity index (χ1n) is 7.77. The molecule has 120 valence electrons. The molecule has 0 fully saturated rings. The molecule has 1 heterocycles. The molecule has 5 nitrogen and oxygen atoms in total. The monoisotopic (exact) mass is 295 g/mol. The van der Waals surface area contributed by atoms with Gasteiger partial charge in [0.2, 0.25) is 0 Å². The quantitative estimate of drug-likeness (QED) is 0.562. The molecule has 1 atom stereocenters. The average molecular weight is 295 g/mol. The van der Waals surface area contributed by atoms with Gasteiger partial charge in [0.05, 0.1) is 12.8 Å². The number of aromatic nitrogens is 2. The van der Waals surface area contributed by atoms with E-state index < -0.39 is 5.54 Å². The summed E-state index contributed by atoms with van der Waals surface area (Å²) in [4.78, 5) is 12.0. The zero-order valence-corrected chi connectivity index (χ0v) is 14.0. The molecule has 0 saturated heterocycles. The van der Waals surface area contributed by atoms with E-state index in [1.54, 1.807) is 0 Å². The molecule has 0 saturated carbocycles. The van der Waals surface area contributed by atoms with Crippen LogP contribution in [0.25, 0.3) is 0 Å². The molecule has 0 spiro atoms. The van der Waals surface area contributed by atoms with Crippen molar-refractivity contribution in [3.63, 3.8) is 0 Å². The summed E-state index contributed by atoms with van der Waals surface area (Å²) in [6, 6.07) is 2.08. The maximum absolute atomic E-state index is 12.0. The smallest absolute Gasteiger partial charge is 0.325 e. The van der Waals surface area contributed by atoms with Gasteiger partial charge >= 0.3 is 5.97 Å². The highest BCUT2D eigenvalue weighted by Gasteiger charge is 2.32. The van der Waals surface area contributed by atoms with Gasteiger partial charge in [0.15, 0.2) is 0 Å². The van der Waals surface area contributed by atoms with Crippen LogP contribution in [0.5, 0.6) is 0 Å². The van der Waals surface area contributed by atoms with Crippen molar-refractivity contribution < 1.29 is 9.53 Å². The number of unbranched alkanes of at least 4 members (excludes halogenated alkanes) is 1. The summed E-state index contributed by atoms with van der Waals surface area (Å²) in [7, 11) is 1.45. The van der Waals surface area contributed by atoms with E-state index in [1.807, 2.05) is 18.5 Å². The summed E-state index contributed by atoms with van der Waals surface area (Å²) >= 11 is 0. The lowest BCUT2D eigenvalue weighted by molar-refractivity contribution is -0.148. The van der Waals surface area contributed by atoms with E-state index >= 15 is 0 Å². The molecule has 1 unspecified atom stereocenters. The molecule has 0 aliphatic carbocycles. The number of ether oxygens (including phenoxy) is 1. The molecule has 1 aromatic rings. The van der Waals surface area contributed by atoms with Crippen molar-refractivity contribution in [1.82, 2.24) is 15.1 Å². The summed E-state index contributed by atoms with van der Waals surface area (Å²) < 4.78 is 6.96. The largest absolute Gasteiger partial charge is 0.468 e. The Labute approximate surface area is 128 Å². The van der Waals surface area contributed by atoms with Gasteiger partial charge in [-0.05, 0) is 59.1 Å². The number of esters is 1. The Bertz CT molecular complexity index is 456. The van der Waals surface area contributed by atoms with E-state index in [0.29, 0.717) is 0 Å². The molecule has 1 rings (SSSR count). The summed E-state index contributed by atoms with van der Waals surface area (Å²) in [5, 5.41) is 7.77. The first-order chi connectivity index (χ1) is 9.92. The highest BCUT2D eigenvalue weighted by atomic mass is 16.5. The van der Waals surface area contributed by atoms with Crippen LogP contribution in [0.2, 0.25) is 0 Å². The zero-order valence-electron chi connectivity index (χ0n) is 14.0. The number of carbonyl (C=O) groups excluding carboxylic acids is 1. The minimum atomic E-state index is -0.583. The lowest BCUT2D eigenvalue weighted by Crippen LogP contribution is -2.50. The zero-order chi connectivity index (χ0) is 15.9. The van der Waals surface area contributed by atoms with Crippen LogP contribution in [-0.4, -0.2) is 34.9 Å². The van der Waals surface area contributed by atoms with Gasteiger partial charge in [-0.3, -0.25) is 9.48 Å². The maximum atomic E-state index is 12.0. The fourth-order valence-electron chi connectivity index (χ4n) is 2.53. The van der Waals surface area contributed by atoms with Crippen LogP contribution in [0.1, 0.15) is 50.9 Å². The lowest BCUT2D eigenvalue weighted by Gasteiger charge is -2.28. The van der Waals surface area contributed by atoms with Crippen LogP contribution < -0.4 is 5.32 Å². The van der Waals surface area contributed by atoms with Gasteiger partial charge in [0.1, 0.15) is 5.54 Å². The van der Waals surface area contributed by atoms with Crippen molar-refractivity contribution in [2.24, 2.45) is 0 Å². The first-order valence-corrected chi connectivity index (χ1v) is 7.77. The molecular weight excluding hydrogens is 266 g/mol. The van der Waals surface area contributed by atoms with E-state index in [-0.39, 0.29) is 5.97 Å². The number of hydrogen-bond acceptors (Lipinski definition) is 4. The van der Waals surface area contributed by atoms with Crippen molar-refractivity contribution in [1.29, 1.82) is 0 Å². The van der Waals surface area contributed by atoms with Crippen LogP contribution >= 0.6 is 0 Å². The number of nitrogens with one attached hydrogen (secondary N) is 1. The first kappa shape index (κ1) is 17.7. The summed E-state index contributed by atoms with van der Waals surface area (Å²) in [5.41, 5.74) is 1.66. The number of hydrogen-bond donors (Lipinski definition) is 1. The fraction of sp³-hybridized carbons (Fsp3) is 0.750. The average Bonchev–Trinajstić information content (AvgIpc) is 2.78. The van der Waals surface area contributed by atoms with Gasteiger partial charge in [-0.1, -0.05) is 6.92 Å². The SMILES string of the molecule is CCCNC(C)(CCCCn1nc(C)cc1C)C(=O)OC.